The van der Waals surface area contributed by atoms with Crippen LogP contribution in [-0.2, 0) is 4.74 Å². The van der Waals surface area contributed by atoms with Crippen LogP contribution in [0.5, 0.6) is 0 Å². The maximum absolute atomic E-state index is 6.44. The van der Waals surface area contributed by atoms with Gasteiger partial charge in [0.2, 0.25) is 0 Å². The minimum Gasteiger partial charge on any atom is -0.495 e. The summed E-state index contributed by atoms with van der Waals surface area (Å²) in [5.74, 6) is 1.01. The second kappa shape index (κ2) is 37.9. The van der Waals surface area contributed by atoms with Crippen LogP contribution >= 0.6 is 0 Å². The van der Waals surface area contributed by atoms with E-state index in [9.17, 15) is 0 Å². The van der Waals surface area contributed by atoms with E-state index >= 15 is 0 Å². The molecule has 0 aromatic rings. The first-order chi connectivity index (χ1) is 22.6. The van der Waals surface area contributed by atoms with Crippen LogP contribution in [0.25, 0.3) is 0 Å². The van der Waals surface area contributed by atoms with Gasteiger partial charge in [0.25, 0.3) is 0 Å². The van der Waals surface area contributed by atoms with Crippen LogP contribution in [0.15, 0.2) is 60.9 Å². The van der Waals surface area contributed by atoms with Crippen molar-refractivity contribution in [1.82, 2.24) is 4.90 Å². The van der Waals surface area contributed by atoms with Gasteiger partial charge in [-0.25, -0.2) is 0 Å². The van der Waals surface area contributed by atoms with Crippen LogP contribution in [0.2, 0.25) is 0 Å². The van der Waals surface area contributed by atoms with Crippen molar-refractivity contribution in [2.24, 2.45) is 0 Å². The van der Waals surface area contributed by atoms with Crippen molar-refractivity contribution in [1.29, 1.82) is 0 Å². The Kier molecular flexibility index (Phi) is 36.6. The Morgan fingerprint density at radius 2 is 0.870 bits per heavy atom. The van der Waals surface area contributed by atoms with Crippen molar-refractivity contribution in [3.8, 4) is 0 Å². The van der Waals surface area contributed by atoms with Crippen LogP contribution in [0.3, 0.4) is 0 Å². The molecule has 0 atom stereocenters. The van der Waals surface area contributed by atoms with Crippen molar-refractivity contribution < 1.29 is 4.74 Å². The van der Waals surface area contributed by atoms with E-state index in [1.807, 2.05) is 0 Å². The standard InChI is InChI=1S/C44H81NO/c1-6-8-10-12-14-16-18-20-22-24-26-28-30-32-34-36-40-44(46-43(3)39-38-42-45(4)5)41-37-35-33-31-29-27-25-23-21-19-17-15-13-11-9-7-2/h14-17,20-23,44H,3,6-13,18-19,24-42H2,1-2,4-5H3/b16-14-,17-15-,22-20-,23-21-. The third-order valence-corrected chi connectivity index (χ3v) is 8.85. The van der Waals surface area contributed by atoms with Gasteiger partial charge in [0.05, 0.1) is 11.9 Å². The normalized spacial score (nSPS) is 12.4. The number of nitrogens with zero attached hydrogens (tertiary/aromatic N) is 1. The van der Waals surface area contributed by atoms with Crippen molar-refractivity contribution in [3.63, 3.8) is 0 Å². The molecule has 0 N–H and O–H groups in total. The number of rotatable bonds is 36. The van der Waals surface area contributed by atoms with Crippen LogP contribution in [0, 0.1) is 0 Å². The molecule has 0 spiro atoms. The minimum atomic E-state index is 0.364. The first-order valence-corrected chi connectivity index (χ1v) is 20.2. The lowest BCUT2D eigenvalue weighted by molar-refractivity contribution is 0.0891. The zero-order chi connectivity index (χ0) is 33.6. The van der Waals surface area contributed by atoms with Gasteiger partial charge >= 0.3 is 0 Å². The fraction of sp³-hybridized carbons (Fsp3) is 0.773. The first kappa shape index (κ1) is 44.5. The van der Waals surface area contributed by atoms with Gasteiger partial charge in [-0.15, -0.1) is 0 Å². The highest BCUT2D eigenvalue weighted by atomic mass is 16.5. The highest BCUT2D eigenvalue weighted by Crippen LogP contribution is 2.20. The van der Waals surface area contributed by atoms with Gasteiger partial charge in [0.1, 0.15) is 0 Å². The SMILES string of the molecule is C=C(CCCN(C)C)OC(CCCCCCCC/C=C\C/C=C\CCCCC)CCCCCCCC/C=C\C/C=C\CCCCC. The molecule has 0 aromatic carbocycles. The molecule has 0 saturated heterocycles. The zero-order valence-corrected chi connectivity index (χ0v) is 31.8. The molecule has 2 heteroatoms. The summed E-state index contributed by atoms with van der Waals surface area (Å²) in [4.78, 5) is 2.25. The molecule has 46 heavy (non-hydrogen) atoms. The van der Waals surface area contributed by atoms with Crippen LogP contribution < -0.4 is 0 Å². The number of hydrogen-bond donors (Lipinski definition) is 0. The molecule has 268 valence electrons. The zero-order valence-electron chi connectivity index (χ0n) is 31.8. The minimum absolute atomic E-state index is 0.364. The van der Waals surface area contributed by atoms with Crippen molar-refractivity contribution >= 4 is 0 Å². The maximum Gasteiger partial charge on any atom is 0.0982 e. The van der Waals surface area contributed by atoms with Gasteiger partial charge in [-0.3, -0.25) is 0 Å². The molecule has 0 rings (SSSR count). The van der Waals surface area contributed by atoms with Gasteiger partial charge in [-0.1, -0.05) is 146 Å². The van der Waals surface area contributed by atoms with Crippen LogP contribution in [0.1, 0.15) is 194 Å². The Balaban J connectivity index is 4.01. The quantitative estimate of drug-likeness (QED) is 0.0384. The molecule has 0 amide bonds. The second-order valence-corrected chi connectivity index (χ2v) is 13.9. The Hall–Kier alpha value is -1.54. The summed E-state index contributed by atoms with van der Waals surface area (Å²) < 4.78 is 6.44. The van der Waals surface area contributed by atoms with E-state index in [4.69, 9.17) is 4.74 Å². The fourth-order valence-electron chi connectivity index (χ4n) is 5.87. The lowest BCUT2D eigenvalue weighted by Crippen LogP contribution is -2.15. The molecule has 0 saturated carbocycles. The summed E-state index contributed by atoms with van der Waals surface area (Å²) in [5, 5.41) is 0. The molecule has 0 fully saturated rings. The third kappa shape index (κ3) is 36.9. The Bertz CT molecular complexity index is 682. The van der Waals surface area contributed by atoms with Gasteiger partial charge in [-0.05, 0) is 117 Å². The lowest BCUT2D eigenvalue weighted by atomic mass is 10.0. The van der Waals surface area contributed by atoms with Crippen LogP contribution in [-0.4, -0.2) is 31.6 Å². The van der Waals surface area contributed by atoms with Crippen molar-refractivity contribution in [2.75, 3.05) is 20.6 Å². The molecule has 0 unspecified atom stereocenters. The van der Waals surface area contributed by atoms with Crippen molar-refractivity contribution in [2.45, 2.75) is 200 Å². The predicted octanol–water partition coefficient (Wildman–Crippen LogP) is 14.6. The summed E-state index contributed by atoms with van der Waals surface area (Å²) in [7, 11) is 4.28. The molecule has 0 aromatic heterocycles. The summed E-state index contributed by atoms with van der Waals surface area (Å²) in [6.45, 7) is 9.92. The molecular weight excluding hydrogens is 558 g/mol. The maximum atomic E-state index is 6.44. The number of unbranched alkanes of at least 4 members (excludes halogenated alkanes) is 18. The molecule has 0 heterocycles. The average Bonchev–Trinajstić information content (AvgIpc) is 3.04. The molecule has 0 bridgehead atoms. The van der Waals surface area contributed by atoms with E-state index in [0.717, 1.165) is 38.0 Å². The summed E-state index contributed by atoms with van der Waals surface area (Å²) in [6.07, 6.45) is 55.1. The van der Waals surface area contributed by atoms with E-state index < -0.39 is 0 Å². The van der Waals surface area contributed by atoms with Gasteiger partial charge in [0, 0.05) is 6.42 Å². The van der Waals surface area contributed by atoms with E-state index in [2.05, 4.69) is 88.0 Å². The number of ether oxygens (including phenoxy) is 1. The molecule has 0 aliphatic rings. The van der Waals surface area contributed by atoms with E-state index in [-0.39, 0.29) is 0 Å². The smallest absolute Gasteiger partial charge is 0.0982 e. The summed E-state index contributed by atoms with van der Waals surface area (Å²) in [5.41, 5.74) is 0. The topological polar surface area (TPSA) is 12.5 Å². The first-order valence-electron chi connectivity index (χ1n) is 20.2. The lowest BCUT2D eigenvalue weighted by Gasteiger charge is -2.21. The van der Waals surface area contributed by atoms with E-state index in [1.165, 1.54) is 154 Å². The van der Waals surface area contributed by atoms with Gasteiger partial charge in [-0.2, -0.15) is 0 Å². The second-order valence-electron chi connectivity index (χ2n) is 13.9. The monoisotopic (exact) mass is 640 g/mol. The van der Waals surface area contributed by atoms with Gasteiger partial charge in [0.15, 0.2) is 0 Å². The summed E-state index contributed by atoms with van der Waals surface area (Å²) in [6, 6.07) is 0. The highest BCUT2D eigenvalue weighted by molar-refractivity contribution is 4.93. The Morgan fingerprint density at radius 3 is 1.26 bits per heavy atom. The predicted molar refractivity (Wildman–Crippen MR) is 210 cm³/mol. The molecule has 0 radical (unpaired) electrons. The third-order valence-electron chi connectivity index (χ3n) is 8.85. The Morgan fingerprint density at radius 1 is 0.500 bits per heavy atom. The molecular formula is C44H81NO. The van der Waals surface area contributed by atoms with Gasteiger partial charge < -0.3 is 9.64 Å². The molecule has 2 nitrogen and oxygen atoms in total. The average molecular weight is 640 g/mol. The van der Waals surface area contributed by atoms with Crippen molar-refractivity contribution in [3.05, 3.63) is 60.9 Å². The molecule has 0 aliphatic heterocycles. The number of hydrogen-bond acceptors (Lipinski definition) is 2. The fourth-order valence-corrected chi connectivity index (χ4v) is 5.87. The van der Waals surface area contributed by atoms with E-state index in [0.29, 0.717) is 6.10 Å². The number of allylic oxidation sites excluding steroid dienone is 9. The molecule has 0 aliphatic carbocycles. The highest BCUT2D eigenvalue weighted by Gasteiger charge is 2.11. The Labute approximate surface area is 290 Å². The van der Waals surface area contributed by atoms with E-state index in [1.54, 1.807) is 0 Å². The largest absolute Gasteiger partial charge is 0.495 e. The van der Waals surface area contributed by atoms with Crippen LogP contribution in [0.4, 0.5) is 0 Å². The summed E-state index contributed by atoms with van der Waals surface area (Å²) >= 11 is 0.